The van der Waals surface area contributed by atoms with Crippen LogP contribution in [0.1, 0.15) is 72.9 Å². The number of carbonyl (C=O) groups is 3. The van der Waals surface area contributed by atoms with Crippen LogP contribution in [0.3, 0.4) is 0 Å². The molecule has 2 aromatic carbocycles. The largest absolute Gasteiger partial charge is 0.490 e. The summed E-state index contributed by atoms with van der Waals surface area (Å²) in [5.41, 5.74) is 3.34. The van der Waals surface area contributed by atoms with Gasteiger partial charge in [-0.2, -0.15) is 0 Å². The molecule has 14 heteroatoms. The highest BCUT2D eigenvalue weighted by Crippen LogP contribution is 2.47. The van der Waals surface area contributed by atoms with Crippen LogP contribution in [0.15, 0.2) is 52.9 Å². The Kier molecular flexibility index (Phi) is 12.1. The molecule has 1 saturated heterocycles. The summed E-state index contributed by atoms with van der Waals surface area (Å²) < 4.78 is 39.8. The lowest BCUT2D eigenvalue weighted by Crippen LogP contribution is -2.49. The molecule has 2 aromatic rings. The Labute approximate surface area is 330 Å². The number of piperidine rings is 1. The number of nitrogens with one attached hydrogen (secondary N) is 1. The van der Waals surface area contributed by atoms with E-state index in [2.05, 4.69) is 38.3 Å². The van der Waals surface area contributed by atoms with E-state index in [-0.39, 0.29) is 41.6 Å². The summed E-state index contributed by atoms with van der Waals surface area (Å²) in [7, 11) is 1.68. The SMILES string of the molecule is CO[C@H]1/C=C/CCCS(=O)(NC(=O)COC2CCN(C(=O)N(C)C)CC2)=NC(=O)c2ccc3c(c2)N(C[C@@H]2CC[C@H]21)C[C@@]1(CCCc2cc(Cl)ccc21)CO3. The first-order chi connectivity index (χ1) is 26.5. The highest BCUT2D eigenvalue weighted by atomic mass is 35.5. The predicted octanol–water partition coefficient (Wildman–Crippen LogP) is 6.01. The third kappa shape index (κ3) is 8.85. The summed E-state index contributed by atoms with van der Waals surface area (Å²) in [4.78, 5) is 45.2. The lowest BCUT2D eigenvalue weighted by molar-refractivity contribution is -0.126. The monoisotopic (exact) mass is 795 g/mol. The molecule has 7 rings (SSSR count). The van der Waals surface area contributed by atoms with Gasteiger partial charge in [0.15, 0.2) is 0 Å². The Bertz CT molecular complexity index is 1920. The second-order valence-electron chi connectivity index (χ2n) is 16.0. The van der Waals surface area contributed by atoms with E-state index in [1.807, 2.05) is 18.2 Å². The molecule has 55 heavy (non-hydrogen) atoms. The van der Waals surface area contributed by atoms with Gasteiger partial charge >= 0.3 is 6.03 Å². The maximum absolute atomic E-state index is 14.4. The first-order valence-corrected chi connectivity index (χ1v) is 21.7. The van der Waals surface area contributed by atoms with Crippen molar-refractivity contribution in [3.8, 4) is 5.75 Å². The first kappa shape index (κ1) is 39.6. The Hall–Kier alpha value is -3.65. The highest BCUT2D eigenvalue weighted by Gasteiger charge is 2.44. The standard InChI is InChI=1S/C41H54ClN5O7S/c1-45(2)40(50)46-19-16-32(17-20-46)53-25-38(48)43-55(51)21-6-4-5-9-36(52-3)33-13-10-30(33)24-47-26-41(18-7-8-28-22-31(42)12-14-34(28)41)27-54-37-15-11-29(23-35(37)47)39(49)44-55/h5,9,11-12,14-15,22-23,30,32-33,36H,4,6-8,10,13,16-21,24-27H2,1-3H3,(H,43,44,48,49,51)/b9-5+/t30-,33+,36-,41-,55?/m0/s1. The van der Waals surface area contributed by atoms with Gasteiger partial charge in [0.2, 0.25) is 0 Å². The molecule has 5 atom stereocenters. The van der Waals surface area contributed by atoms with Crippen molar-refractivity contribution < 1.29 is 32.8 Å². The number of aryl methyl sites for hydroxylation is 1. The summed E-state index contributed by atoms with van der Waals surface area (Å²) in [6, 6.07) is 11.5. The Morgan fingerprint density at radius 1 is 1.11 bits per heavy atom. The molecule has 2 fully saturated rings. The number of amides is 4. The van der Waals surface area contributed by atoms with Crippen LogP contribution in [0.25, 0.3) is 0 Å². The number of urea groups is 1. The van der Waals surface area contributed by atoms with Gasteiger partial charge in [-0.05, 0) is 111 Å². The Balaban J connectivity index is 1.15. The number of anilines is 1. The average Bonchev–Trinajstić information content (AvgIpc) is 3.31. The number of methoxy groups -OCH3 is 1. The molecule has 1 unspecified atom stereocenters. The van der Waals surface area contributed by atoms with Crippen molar-refractivity contribution >= 4 is 45.0 Å². The van der Waals surface area contributed by atoms with Crippen molar-refractivity contribution in [3.63, 3.8) is 0 Å². The van der Waals surface area contributed by atoms with E-state index in [0.29, 0.717) is 69.5 Å². The summed E-state index contributed by atoms with van der Waals surface area (Å²) in [5.74, 6) is 0.140. The van der Waals surface area contributed by atoms with Gasteiger partial charge in [0, 0.05) is 63.4 Å². The molecule has 2 aliphatic carbocycles. The third-order valence-electron chi connectivity index (χ3n) is 12.1. The normalized spacial score (nSPS) is 29.1. The summed E-state index contributed by atoms with van der Waals surface area (Å²) >= 11 is 6.46. The van der Waals surface area contributed by atoms with E-state index in [0.717, 1.165) is 49.4 Å². The zero-order valence-electron chi connectivity index (χ0n) is 32.2. The molecule has 2 bridgehead atoms. The second kappa shape index (κ2) is 16.8. The number of carbonyl (C=O) groups excluding carboxylic acids is 3. The van der Waals surface area contributed by atoms with Gasteiger partial charge in [0.05, 0.1) is 30.3 Å². The molecule has 1 N–H and O–H groups in total. The Morgan fingerprint density at radius 3 is 2.67 bits per heavy atom. The fourth-order valence-corrected chi connectivity index (χ4v) is 10.8. The van der Waals surface area contributed by atoms with Crippen LogP contribution in [0.2, 0.25) is 5.02 Å². The van der Waals surface area contributed by atoms with E-state index in [9.17, 15) is 18.6 Å². The molecule has 1 spiro atoms. The fourth-order valence-electron chi connectivity index (χ4n) is 9.01. The van der Waals surface area contributed by atoms with Gasteiger partial charge in [-0.3, -0.25) is 14.3 Å². The number of ether oxygens (including phenoxy) is 3. The molecule has 12 nitrogen and oxygen atoms in total. The van der Waals surface area contributed by atoms with Crippen LogP contribution in [0.4, 0.5) is 10.5 Å². The number of nitrogens with zero attached hydrogens (tertiary/aromatic N) is 4. The highest BCUT2D eigenvalue weighted by molar-refractivity contribution is 7.92. The number of halogens is 1. The van der Waals surface area contributed by atoms with E-state index in [1.54, 1.807) is 37.1 Å². The molecule has 0 aromatic heterocycles. The van der Waals surface area contributed by atoms with Crippen molar-refractivity contribution in [1.29, 1.82) is 0 Å². The number of rotatable bonds is 5. The first-order valence-electron chi connectivity index (χ1n) is 19.6. The number of likely N-dealkylation sites (tertiary alicyclic amines) is 1. The number of hydrogen-bond acceptors (Lipinski definition) is 8. The van der Waals surface area contributed by atoms with Crippen LogP contribution >= 0.6 is 11.6 Å². The molecule has 5 aliphatic rings. The quantitative estimate of drug-likeness (QED) is 0.365. The predicted molar refractivity (Wildman–Crippen MR) is 213 cm³/mol. The lowest BCUT2D eigenvalue weighted by Gasteiger charge is -2.46. The van der Waals surface area contributed by atoms with Gasteiger partial charge in [-0.25, -0.2) is 9.00 Å². The topological polar surface area (TPSA) is 130 Å². The van der Waals surface area contributed by atoms with Crippen molar-refractivity contribution in [2.75, 3.05) is 71.3 Å². The Morgan fingerprint density at radius 2 is 1.93 bits per heavy atom. The molecule has 4 amide bonds. The van der Waals surface area contributed by atoms with Crippen molar-refractivity contribution in [1.82, 2.24) is 14.5 Å². The van der Waals surface area contributed by atoms with Gasteiger partial charge in [-0.1, -0.05) is 29.8 Å². The number of allylic oxidation sites excluding steroid dienone is 1. The van der Waals surface area contributed by atoms with Crippen LogP contribution < -0.4 is 14.4 Å². The van der Waals surface area contributed by atoms with Crippen molar-refractivity contribution in [2.24, 2.45) is 16.2 Å². The summed E-state index contributed by atoms with van der Waals surface area (Å²) in [5, 5.41) is 0.733. The van der Waals surface area contributed by atoms with Crippen molar-refractivity contribution in [3.05, 3.63) is 70.3 Å². The molecule has 3 heterocycles. The van der Waals surface area contributed by atoms with E-state index in [4.69, 9.17) is 25.8 Å². The molecular weight excluding hydrogens is 742 g/mol. The maximum atomic E-state index is 14.4. The van der Waals surface area contributed by atoms with Gasteiger partial charge in [0.1, 0.15) is 22.3 Å². The van der Waals surface area contributed by atoms with Crippen LogP contribution in [-0.2, 0) is 36.0 Å². The van der Waals surface area contributed by atoms with Crippen LogP contribution in [0.5, 0.6) is 5.75 Å². The van der Waals surface area contributed by atoms with E-state index in [1.165, 1.54) is 11.1 Å². The molecule has 3 aliphatic heterocycles. The minimum atomic E-state index is -3.51. The lowest BCUT2D eigenvalue weighted by atomic mass is 9.68. The fraction of sp³-hybridized carbons (Fsp3) is 0.585. The van der Waals surface area contributed by atoms with Crippen LogP contribution in [0, 0.1) is 11.8 Å². The molecule has 0 radical (unpaired) electrons. The van der Waals surface area contributed by atoms with Crippen LogP contribution in [-0.4, -0.2) is 110 Å². The van der Waals surface area contributed by atoms with E-state index < -0.39 is 21.7 Å². The average molecular weight is 796 g/mol. The third-order valence-corrected chi connectivity index (χ3v) is 14.2. The van der Waals surface area contributed by atoms with Gasteiger partial charge < -0.3 is 28.9 Å². The van der Waals surface area contributed by atoms with Crippen molar-refractivity contribution in [2.45, 2.75) is 75.4 Å². The number of fused-ring (bicyclic) bond motifs is 4. The molecule has 298 valence electrons. The minimum absolute atomic E-state index is 0.00429. The van der Waals surface area contributed by atoms with Gasteiger partial charge in [0.25, 0.3) is 11.8 Å². The number of benzene rings is 2. The van der Waals surface area contributed by atoms with Gasteiger partial charge in [-0.15, -0.1) is 4.36 Å². The zero-order valence-corrected chi connectivity index (χ0v) is 33.7. The summed E-state index contributed by atoms with van der Waals surface area (Å²) in [6.07, 6.45) is 11.2. The summed E-state index contributed by atoms with van der Waals surface area (Å²) in [6.45, 7) is 2.69. The maximum Gasteiger partial charge on any atom is 0.319 e. The molecular formula is C41H54ClN5O7S. The number of hydrogen-bond donors (Lipinski definition) is 1. The smallest absolute Gasteiger partial charge is 0.319 e. The minimum Gasteiger partial charge on any atom is -0.490 e. The zero-order chi connectivity index (χ0) is 38.7. The molecule has 1 saturated carbocycles. The van der Waals surface area contributed by atoms with E-state index >= 15 is 0 Å². The second-order valence-corrected chi connectivity index (χ2v) is 18.5.